The first-order valence-electron chi connectivity index (χ1n) is 11.7. The largest absolute Gasteiger partial charge is 0.379 e. The fraction of sp³-hybridized carbons (Fsp3) is 0.458. The number of nitrogens with one attached hydrogen (secondary N) is 1. The Kier molecular flexibility index (Phi) is 6.99. The van der Waals surface area contributed by atoms with E-state index in [4.69, 9.17) is 21.4 Å². The van der Waals surface area contributed by atoms with Gasteiger partial charge in [-0.2, -0.15) is 5.10 Å². The lowest BCUT2D eigenvalue weighted by atomic mass is 10.00. The number of hydrogen-bond donors (Lipinski definition) is 1. The van der Waals surface area contributed by atoms with Crippen molar-refractivity contribution >= 4 is 34.6 Å². The van der Waals surface area contributed by atoms with Crippen molar-refractivity contribution in [2.24, 2.45) is 5.10 Å². The molecule has 0 radical (unpaired) electrons. The summed E-state index contributed by atoms with van der Waals surface area (Å²) in [6.07, 6.45) is 1.07. The lowest BCUT2D eigenvalue weighted by Gasteiger charge is -2.26. The van der Waals surface area contributed by atoms with Crippen LogP contribution < -0.4 is 10.3 Å². The average Bonchev–Trinajstić information content (AvgIpc) is 3.31. The second kappa shape index (κ2) is 10.1. The number of anilines is 1. The van der Waals surface area contributed by atoms with Crippen molar-refractivity contribution in [3.63, 3.8) is 0 Å². The summed E-state index contributed by atoms with van der Waals surface area (Å²) in [4.78, 5) is 3.72. The summed E-state index contributed by atoms with van der Waals surface area (Å²) in [5.74, 6) is 1.58. The first-order valence-corrected chi connectivity index (χ1v) is 12.9. The molecule has 2 aromatic heterocycles. The van der Waals surface area contributed by atoms with Crippen LogP contribution in [-0.4, -0.2) is 71.4 Å². The van der Waals surface area contributed by atoms with Crippen LogP contribution in [-0.2, 0) is 4.74 Å². The van der Waals surface area contributed by atoms with Crippen molar-refractivity contribution in [2.75, 3.05) is 51.1 Å². The third-order valence-electron chi connectivity index (χ3n) is 6.38. The van der Waals surface area contributed by atoms with Crippen LogP contribution in [0.1, 0.15) is 33.8 Å². The van der Waals surface area contributed by atoms with Crippen LogP contribution in [0.4, 0.5) is 5.95 Å². The van der Waals surface area contributed by atoms with Crippen molar-refractivity contribution in [3.05, 3.63) is 56.7 Å². The van der Waals surface area contributed by atoms with Crippen molar-refractivity contribution in [1.82, 2.24) is 25.0 Å². The number of aromatic nitrogens is 3. The van der Waals surface area contributed by atoms with Crippen LogP contribution >= 0.6 is 22.9 Å². The van der Waals surface area contributed by atoms with Gasteiger partial charge in [0.1, 0.15) is 16.5 Å². The molecule has 2 aliphatic rings. The molecule has 0 amide bonds. The van der Waals surface area contributed by atoms with Crippen LogP contribution in [0, 0.1) is 20.8 Å². The smallest absolute Gasteiger partial charge is 0.254 e. The van der Waals surface area contributed by atoms with E-state index in [0.29, 0.717) is 11.7 Å². The van der Waals surface area contributed by atoms with E-state index in [1.165, 1.54) is 10.4 Å². The van der Waals surface area contributed by atoms with E-state index in [9.17, 15) is 0 Å². The SMILES string of the molecule is Cc1sc2c(c1C)C(c1ccc(Cl)cc1)=NN(CNCCCN1CCOCC1)c1nnc(C)n1-2. The molecule has 34 heavy (non-hydrogen) atoms. The van der Waals surface area contributed by atoms with Crippen LogP contribution in [0.5, 0.6) is 0 Å². The van der Waals surface area contributed by atoms with Gasteiger partial charge in [0, 0.05) is 34.1 Å². The summed E-state index contributed by atoms with van der Waals surface area (Å²) in [6, 6.07) is 7.89. The number of halogens is 1. The Morgan fingerprint density at radius 2 is 1.85 bits per heavy atom. The van der Waals surface area contributed by atoms with Gasteiger partial charge in [-0.3, -0.25) is 14.8 Å². The van der Waals surface area contributed by atoms with Gasteiger partial charge in [-0.05, 0) is 58.0 Å². The summed E-state index contributed by atoms with van der Waals surface area (Å²) >= 11 is 7.94. The van der Waals surface area contributed by atoms with Crippen molar-refractivity contribution in [3.8, 4) is 5.00 Å². The van der Waals surface area contributed by atoms with E-state index in [1.807, 2.05) is 36.2 Å². The van der Waals surface area contributed by atoms with Gasteiger partial charge in [-0.1, -0.05) is 23.7 Å². The predicted molar refractivity (Wildman–Crippen MR) is 138 cm³/mol. The third-order valence-corrected chi connectivity index (χ3v) is 7.82. The molecule has 0 bridgehead atoms. The first kappa shape index (κ1) is 23.4. The van der Waals surface area contributed by atoms with E-state index in [2.05, 4.69) is 38.8 Å². The maximum absolute atomic E-state index is 6.19. The molecule has 1 saturated heterocycles. The number of aryl methyl sites for hydroxylation is 2. The molecular formula is C24H30ClN7OS. The van der Waals surface area contributed by atoms with Gasteiger partial charge in [0.25, 0.3) is 5.95 Å². The second-order valence-corrected chi connectivity index (χ2v) is 10.3. The zero-order valence-corrected chi connectivity index (χ0v) is 21.4. The second-order valence-electron chi connectivity index (χ2n) is 8.67. The quantitative estimate of drug-likeness (QED) is 0.499. The molecule has 10 heteroatoms. The number of hydrazone groups is 1. The van der Waals surface area contributed by atoms with Crippen LogP contribution in [0.2, 0.25) is 5.02 Å². The predicted octanol–water partition coefficient (Wildman–Crippen LogP) is 3.75. The van der Waals surface area contributed by atoms with Gasteiger partial charge in [0.05, 0.1) is 19.9 Å². The first-order chi connectivity index (χ1) is 16.5. The minimum Gasteiger partial charge on any atom is -0.379 e. The van der Waals surface area contributed by atoms with E-state index < -0.39 is 0 Å². The summed E-state index contributed by atoms with van der Waals surface area (Å²) in [5, 5.41) is 21.3. The monoisotopic (exact) mass is 499 g/mol. The number of ether oxygens (including phenoxy) is 1. The third kappa shape index (κ3) is 4.63. The maximum Gasteiger partial charge on any atom is 0.254 e. The molecule has 2 aliphatic heterocycles. The fourth-order valence-electron chi connectivity index (χ4n) is 4.37. The molecule has 180 valence electrons. The molecule has 0 spiro atoms. The number of thiophene rings is 1. The van der Waals surface area contributed by atoms with Crippen molar-refractivity contribution < 1.29 is 4.74 Å². The molecule has 8 nitrogen and oxygen atoms in total. The summed E-state index contributed by atoms with van der Waals surface area (Å²) in [5.41, 5.74) is 4.31. The van der Waals surface area contributed by atoms with E-state index in [1.54, 1.807) is 11.3 Å². The highest BCUT2D eigenvalue weighted by atomic mass is 35.5. The molecule has 0 saturated carbocycles. The Morgan fingerprint density at radius 3 is 2.62 bits per heavy atom. The number of morpholine rings is 1. The number of benzene rings is 1. The molecule has 4 heterocycles. The number of hydrogen-bond acceptors (Lipinski definition) is 8. The van der Waals surface area contributed by atoms with Gasteiger partial charge in [0.2, 0.25) is 0 Å². The maximum atomic E-state index is 6.19. The minimum atomic E-state index is 0.547. The normalized spacial score (nSPS) is 16.2. The Balaban J connectivity index is 1.43. The van der Waals surface area contributed by atoms with Crippen LogP contribution in [0.15, 0.2) is 29.4 Å². The van der Waals surface area contributed by atoms with Crippen molar-refractivity contribution in [1.29, 1.82) is 0 Å². The lowest BCUT2D eigenvalue weighted by Crippen LogP contribution is -2.38. The Morgan fingerprint density at radius 1 is 1.09 bits per heavy atom. The summed E-state index contributed by atoms with van der Waals surface area (Å²) in [6.45, 7) is 12.5. The minimum absolute atomic E-state index is 0.547. The van der Waals surface area contributed by atoms with Gasteiger partial charge < -0.3 is 4.74 Å². The molecule has 1 fully saturated rings. The number of rotatable bonds is 7. The molecule has 0 atom stereocenters. The highest BCUT2D eigenvalue weighted by Crippen LogP contribution is 2.38. The van der Waals surface area contributed by atoms with Crippen LogP contribution in [0.3, 0.4) is 0 Å². The van der Waals surface area contributed by atoms with Crippen molar-refractivity contribution in [2.45, 2.75) is 27.2 Å². The highest BCUT2D eigenvalue weighted by Gasteiger charge is 2.30. The molecule has 3 aromatic rings. The highest BCUT2D eigenvalue weighted by molar-refractivity contribution is 7.15. The average molecular weight is 500 g/mol. The number of fused-ring (bicyclic) bond motifs is 3. The molecular weight excluding hydrogens is 470 g/mol. The molecule has 1 aromatic carbocycles. The van der Waals surface area contributed by atoms with Gasteiger partial charge >= 0.3 is 0 Å². The summed E-state index contributed by atoms with van der Waals surface area (Å²) in [7, 11) is 0. The van der Waals surface area contributed by atoms with Gasteiger partial charge in [0.15, 0.2) is 0 Å². The van der Waals surface area contributed by atoms with E-state index in [-0.39, 0.29) is 0 Å². The van der Waals surface area contributed by atoms with Crippen LogP contribution in [0.25, 0.3) is 5.00 Å². The zero-order valence-electron chi connectivity index (χ0n) is 19.8. The van der Waals surface area contributed by atoms with E-state index in [0.717, 1.165) is 79.4 Å². The van der Waals surface area contributed by atoms with E-state index >= 15 is 0 Å². The molecule has 0 unspecified atom stereocenters. The molecule has 0 aliphatic carbocycles. The van der Waals surface area contributed by atoms with Gasteiger partial charge in [-0.25, -0.2) is 5.01 Å². The topological polar surface area (TPSA) is 70.8 Å². The zero-order chi connectivity index (χ0) is 23.7. The van der Waals surface area contributed by atoms with Gasteiger partial charge in [-0.15, -0.1) is 21.5 Å². The summed E-state index contributed by atoms with van der Waals surface area (Å²) < 4.78 is 7.57. The standard InChI is InChI=1S/C24H30ClN7OS/c1-16-17(2)34-23-21(16)22(19-5-7-20(25)8-6-19)29-31(24-28-27-18(3)32(23)24)15-26-9-4-10-30-11-13-33-14-12-30/h5-8,26H,4,9-15H2,1-3H3. The number of nitrogens with zero attached hydrogens (tertiary/aromatic N) is 6. The lowest BCUT2D eigenvalue weighted by molar-refractivity contribution is 0.0374. The molecule has 5 rings (SSSR count). The fourth-order valence-corrected chi connectivity index (χ4v) is 5.70. The molecule has 1 N–H and O–H groups in total. The Labute approximate surface area is 209 Å². The Hall–Kier alpha value is -2.30. The Bertz CT molecular complexity index is 1180.